The third kappa shape index (κ3) is 6.46. The zero-order valence-electron chi connectivity index (χ0n) is 14.1. The van der Waals surface area contributed by atoms with Crippen molar-refractivity contribution in [2.24, 2.45) is 10.9 Å². The van der Waals surface area contributed by atoms with Gasteiger partial charge >= 0.3 is 0 Å². The molecule has 0 fully saturated rings. The number of nitrogens with zero attached hydrogens (tertiary/aromatic N) is 2. The van der Waals surface area contributed by atoms with Crippen molar-refractivity contribution >= 4 is 17.3 Å². The predicted octanol–water partition coefficient (Wildman–Crippen LogP) is 3.76. The van der Waals surface area contributed by atoms with Crippen LogP contribution in [0.25, 0.3) is 0 Å². The van der Waals surface area contributed by atoms with Gasteiger partial charge in [0.25, 0.3) is 0 Å². The number of aliphatic imine (C=N–C) groups is 1. The van der Waals surface area contributed by atoms with Gasteiger partial charge < -0.3 is 10.6 Å². The maximum Gasteiger partial charge on any atom is 0.191 e. The van der Waals surface area contributed by atoms with Gasteiger partial charge in [-0.05, 0) is 12.8 Å². The van der Waals surface area contributed by atoms with E-state index in [4.69, 9.17) is 0 Å². The van der Waals surface area contributed by atoms with Crippen LogP contribution in [0.2, 0.25) is 0 Å². The van der Waals surface area contributed by atoms with E-state index in [1.54, 1.807) is 11.3 Å². The molecular formula is C16H30N4S. The van der Waals surface area contributed by atoms with Crippen molar-refractivity contribution in [3.63, 3.8) is 0 Å². The Balaban J connectivity index is 2.57. The molecule has 0 unspecified atom stereocenters. The predicted molar refractivity (Wildman–Crippen MR) is 93.1 cm³/mol. The number of thiazole rings is 1. The third-order valence-electron chi connectivity index (χ3n) is 3.52. The lowest BCUT2D eigenvalue weighted by atomic mass is 10.0. The van der Waals surface area contributed by atoms with Crippen LogP contribution in [0.5, 0.6) is 0 Å². The van der Waals surface area contributed by atoms with Gasteiger partial charge in [0, 0.05) is 24.4 Å². The molecule has 0 aliphatic carbocycles. The molecule has 1 rings (SSSR count). The fraction of sp³-hybridized carbons (Fsp3) is 0.750. The average molecular weight is 311 g/mol. The molecule has 0 amide bonds. The van der Waals surface area contributed by atoms with Crippen molar-refractivity contribution in [3.05, 3.63) is 16.1 Å². The Hall–Kier alpha value is -1.10. The van der Waals surface area contributed by atoms with E-state index in [0.29, 0.717) is 18.4 Å². The second-order valence-corrected chi connectivity index (χ2v) is 6.48. The van der Waals surface area contributed by atoms with Crippen LogP contribution in [0.15, 0.2) is 10.4 Å². The van der Waals surface area contributed by atoms with Crippen LogP contribution >= 0.6 is 11.3 Å². The fourth-order valence-corrected chi connectivity index (χ4v) is 2.81. The number of aromatic nitrogens is 1. The van der Waals surface area contributed by atoms with Crippen LogP contribution in [0.4, 0.5) is 0 Å². The minimum atomic E-state index is 0.494. The van der Waals surface area contributed by atoms with E-state index in [1.807, 2.05) is 0 Å². The lowest BCUT2D eigenvalue weighted by Gasteiger charge is -2.16. The third-order valence-corrected chi connectivity index (χ3v) is 4.71. The molecule has 2 N–H and O–H groups in total. The topological polar surface area (TPSA) is 49.3 Å². The van der Waals surface area contributed by atoms with Crippen LogP contribution in [0.1, 0.15) is 64.1 Å². The van der Waals surface area contributed by atoms with E-state index in [1.165, 1.54) is 17.8 Å². The highest BCUT2D eigenvalue weighted by Gasteiger charge is 2.07. The molecule has 120 valence electrons. The van der Waals surface area contributed by atoms with Gasteiger partial charge in [-0.2, -0.15) is 0 Å². The summed E-state index contributed by atoms with van der Waals surface area (Å²) in [5.74, 6) is 2.10. The summed E-state index contributed by atoms with van der Waals surface area (Å²) in [4.78, 5) is 9.26. The van der Waals surface area contributed by atoms with E-state index in [-0.39, 0.29) is 0 Å². The molecule has 0 bridgehead atoms. The van der Waals surface area contributed by atoms with Gasteiger partial charge in [-0.15, -0.1) is 11.3 Å². The summed E-state index contributed by atoms with van der Waals surface area (Å²) in [6.45, 7) is 13.4. The van der Waals surface area contributed by atoms with E-state index in [2.05, 4.69) is 60.6 Å². The average Bonchev–Trinajstić information content (AvgIpc) is 2.94. The summed E-state index contributed by atoms with van der Waals surface area (Å²) >= 11 is 1.73. The van der Waals surface area contributed by atoms with E-state index < -0.39 is 0 Å². The van der Waals surface area contributed by atoms with Gasteiger partial charge in [-0.3, -0.25) is 0 Å². The highest BCUT2D eigenvalue weighted by Crippen LogP contribution is 2.19. The quantitative estimate of drug-likeness (QED) is 0.568. The molecular weight excluding hydrogens is 280 g/mol. The summed E-state index contributed by atoms with van der Waals surface area (Å²) in [6.07, 6.45) is 2.40. The van der Waals surface area contributed by atoms with Crippen molar-refractivity contribution in [2.75, 3.05) is 13.1 Å². The second kappa shape index (κ2) is 9.77. The second-order valence-electron chi connectivity index (χ2n) is 5.59. The SMILES string of the molecule is CCNC(=NCc1csc(C(C)C)n1)NCC(CC)CC. The van der Waals surface area contributed by atoms with Crippen LogP contribution in [0.3, 0.4) is 0 Å². The zero-order valence-corrected chi connectivity index (χ0v) is 14.9. The Morgan fingerprint density at radius 2 is 1.95 bits per heavy atom. The maximum absolute atomic E-state index is 4.64. The fourth-order valence-electron chi connectivity index (χ4n) is 1.98. The van der Waals surface area contributed by atoms with E-state index >= 15 is 0 Å². The Kier molecular flexibility index (Phi) is 8.35. The standard InChI is InChI=1S/C16H30N4S/c1-6-13(7-2)9-18-16(17-8-3)19-10-14-11-21-15(20-14)12(4)5/h11-13H,6-10H2,1-5H3,(H2,17,18,19). The van der Waals surface area contributed by atoms with Crippen LogP contribution in [0, 0.1) is 5.92 Å². The van der Waals surface area contributed by atoms with Gasteiger partial charge in [0.2, 0.25) is 0 Å². The molecule has 0 saturated carbocycles. The Morgan fingerprint density at radius 1 is 1.24 bits per heavy atom. The molecule has 4 nitrogen and oxygen atoms in total. The Bertz CT molecular complexity index is 422. The number of hydrogen-bond acceptors (Lipinski definition) is 3. The minimum absolute atomic E-state index is 0.494. The number of nitrogens with one attached hydrogen (secondary N) is 2. The van der Waals surface area contributed by atoms with Gasteiger partial charge in [0.1, 0.15) is 0 Å². The van der Waals surface area contributed by atoms with Gasteiger partial charge in [-0.1, -0.05) is 40.5 Å². The first-order valence-electron chi connectivity index (χ1n) is 8.07. The highest BCUT2D eigenvalue weighted by molar-refractivity contribution is 7.09. The number of guanidine groups is 1. The van der Waals surface area contributed by atoms with Gasteiger partial charge in [0.05, 0.1) is 17.2 Å². The largest absolute Gasteiger partial charge is 0.357 e. The smallest absolute Gasteiger partial charge is 0.191 e. The molecule has 21 heavy (non-hydrogen) atoms. The molecule has 0 aliphatic heterocycles. The van der Waals surface area contributed by atoms with Crippen molar-refractivity contribution in [1.29, 1.82) is 0 Å². The number of hydrogen-bond donors (Lipinski definition) is 2. The first kappa shape index (κ1) is 18.0. The normalized spacial score (nSPS) is 12.2. The molecule has 1 aromatic heterocycles. The molecule has 1 aromatic rings. The molecule has 0 aromatic carbocycles. The Morgan fingerprint density at radius 3 is 2.48 bits per heavy atom. The summed E-state index contributed by atoms with van der Waals surface area (Å²) in [6, 6.07) is 0. The van der Waals surface area contributed by atoms with Crippen molar-refractivity contribution in [3.8, 4) is 0 Å². The lowest BCUT2D eigenvalue weighted by molar-refractivity contribution is 0.481. The van der Waals surface area contributed by atoms with Crippen LogP contribution in [-0.4, -0.2) is 24.0 Å². The molecule has 1 heterocycles. The monoisotopic (exact) mass is 310 g/mol. The first-order chi connectivity index (χ1) is 10.1. The first-order valence-corrected chi connectivity index (χ1v) is 8.95. The summed E-state index contributed by atoms with van der Waals surface area (Å²) in [7, 11) is 0. The summed E-state index contributed by atoms with van der Waals surface area (Å²) in [5, 5.41) is 10.0. The molecule has 0 saturated heterocycles. The van der Waals surface area contributed by atoms with Gasteiger partial charge in [-0.25, -0.2) is 9.98 Å². The molecule has 0 spiro atoms. The van der Waals surface area contributed by atoms with Crippen molar-refractivity contribution < 1.29 is 0 Å². The molecule has 5 heteroatoms. The van der Waals surface area contributed by atoms with Crippen molar-refractivity contribution in [2.45, 2.75) is 59.9 Å². The van der Waals surface area contributed by atoms with Crippen LogP contribution in [-0.2, 0) is 6.54 Å². The van der Waals surface area contributed by atoms with E-state index in [0.717, 1.165) is 24.7 Å². The van der Waals surface area contributed by atoms with Gasteiger partial charge in [0.15, 0.2) is 5.96 Å². The van der Waals surface area contributed by atoms with Crippen LogP contribution < -0.4 is 10.6 Å². The molecule has 0 atom stereocenters. The minimum Gasteiger partial charge on any atom is -0.357 e. The molecule has 0 aliphatic rings. The van der Waals surface area contributed by atoms with E-state index in [9.17, 15) is 0 Å². The lowest BCUT2D eigenvalue weighted by Crippen LogP contribution is -2.39. The van der Waals surface area contributed by atoms with Crippen molar-refractivity contribution in [1.82, 2.24) is 15.6 Å². The molecule has 0 radical (unpaired) electrons. The summed E-state index contributed by atoms with van der Waals surface area (Å²) in [5.41, 5.74) is 1.06. The maximum atomic E-state index is 4.64. The Labute approximate surface area is 133 Å². The summed E-state index contributed by atoms with van der Waals surface area (Å²) < 4.78 is 0. The zero-order chi connectivity index (χ0) is 15.7. The number of rotatable bonds is 8. The highest BCUT2D eigenvalue weighted by atomic mass is 32.1.